The molecule has 0 spiro atoms. The number of pyridine rings is 1. The van der Waals surface area contributed by atoms with Crippen LogP contribution >= 0.6 is 27.3 Å². The summed E-state index contributed by atoms with van der Waals surface area (Å²) in [4.78, 5) is 10.4. The number of halogens is 4. The number of alkyl halides is 3. The highest BCUT2D eigenvalue weighted by atomic mass is 79.9. The lowest BCUT2D eigenvalue weighted by Gasteiger charge is -2.06. The van der Waals surface area contributed by atoms with Crippen molar-refractivity contribution in [2.75, 3.05) is 0 Å². The smallest absolute Gasteiger partial charge is 0.327 e. The van der Waals surface area contributed by atoms with Crippen LogP contribution in [0, 0.1) is 0 Å². The van der Waals surface area contributed by atoms with Gasteiger partial charge in [0.15, 0.2) is 0 Å². The van der Waals surface area contributed by atoms with E-state index in [9.17, 15) is 13.2 Å². The fraction of sp³-hybridized carbons (Fsp3) is 0.273. The molecule has 0 amide bonds. The van der Waals surface area contributed by atoms with Gasteiger partial charge in [-0.15, -0.1) is 11.3 Å². The molecule has 0 N–H and O–H groups in total. The molecule has 0 bridgehead atoms. The molecule has 0 aliphatic rings. The molecule has 30 heavy (non-hydrogen) atoms. The molecule has 3 nitrogen and oxygen atoms in total. The topological polar surface area (TPSA) is 30.7 Å². The Kier molecular flexibility index (Phi) is 5.97. The molecule has 8 heteroatoms. The molecule has 0 atom stereocenters. The maximum absolute atomic E-state index is 12.9. The Morgan fingerprint density at radius 1 is 1.13 bits per heavy atom. The highest BCUT2D eigenvalue weighted by Crippen LogP contribution is 2.34. The van der Waals surface area contributed by atoms with E-state index in [1.165, 1.54) is 23.5 Å². The molecule has 4 aromatic rings. The Morgan fingerprint density at radius 3 is 2.60 bits per heavy atom. The summed E-state index contributed by atoms with van der Waals surface area (Å²) in [7, 11) is 0. The van der Waals surface area contributed by atoms with E-state index in [4.69, 9.17) is 4.98 Å². The number of rotatable bonds is 6. The summed E-state index contributed by atoms with van der Waals surface area (Å²) in [6.07, 6.45) is 2.36. The highest BCUT2D eigenvalue weighted by molar-refractivity contribution is 9.10. The van der Waals surface area contributed by atoms with Gasteiger partial charge in [-0.2, -0.15) is 13.2 Å². The van der Waals surface area contributed by atoms with Gasteiger partial charge in [0.05, 0.1) is 17.8 Å². The third kappa shape index (κ3) is 4.44. The van der Waals surface area contributed by atoms with E-state index in [-0.39, 0.29) is 0 Å². The number of benzene rings is 1. The number of thiazole rings is 1. The van der Waals surface area contributed by atoms with Crippen molar-refractivity contribution in [2.24, 2.45) is 0 Å². The third-order valence-electron chi connectivity index (χ3n) is 4.89. The van der Waals surface area contributed by atoms with E-state index >= 15 is 0 Å². The lowest BCUT2D eigenvalue weighted by molar-refractivity contribution is -0.137. The van der Waals surface area contributed by atoms with Gasteiger partial charge in [-0.25, -0.2) is 9.97 Å². The van der Waals surface area contributed by atoms with Crippen LogP contribution in [0.2, 0.25) is 0 Å². The SMILES string of the molecule is CCCCc1nc(-c2ccc(C(F)(F)F)cc2)sc1Cn1ccc2cc(Br)cnc21. The third-order valence-corrected chi connectivity index (χ3v) is 6.45. The van der Waals surface area contributed by atoms with Gasteiger partial charge >= 0.3 is 6.18 Å². The summed E-state index contributed by atoms with van der Waals surface area (Å²) in [5.74, 6) is 0. The molecule has 1 aromatic carbocycles. The standard InChI is InChI=1S/C22H19BrF3N3S/c1-2-3-4-18-19(13-29-10-9-15-11-17(23)12-27-20(15)29)30-21(28-18)14-5-7-16(8-6-14)22(24,25)26/h5-12H,2-4,13H2,1H3. The zero-order valence-electron chi connectivity index (χ0n) is 16.2. The first-order chi connectivity index (χ1) is 14.3. The zero-order chi connectivity index (χ0) is 21.3. The molecular formula is C22H19BrF3N3S. The Hall–Kier alpha value is -2.19. The monoisotopic (exact) mass is 493 g/mol. The van der Waals surface area contributed by atoms with E-state index in [0.717, 1.165) is 62.5 Å². The quantitative estimate of drug-likeness (QED) is 0.281. The van der Waals surface area contributed by atoms with Crippen molar-refractivity contribution in [2.45, 2.75) is 38.9 Å². The molecule has 4 rings (SSSR count). The van der Waals surface area contributed by atoms with Gasteiger partial charge in [0.2, 0.25) is 0 Å². The zero-order valence-corrected chi connectivity index (χ0v) is 18.6. The first-order valence-corrected chi connectivity index (χ1v) is 11.2. The van der Waals surface area contributed by atoms with E-state index in [2.05, 4.69) is 32.4 Å². The first-order valence-electron chi connectivity index (χ1n) is 9.61. The van der Waals surface area contributed by atoms with Gasteiger partial charge in [0, 0.05) is 32.7 Å². The molecule has 156 valence electrons. The van der Waals surface area contributed by atoms with Gasteiger partial charge in [-0.05, 0) is 53.0 Å². The van der Waals surface area contributed by atoms with E-state index in [1.54, 1.807) is 6.20 Å². The highest BCUT2D eigenvalue weighted by Gasteiger charge is 2.30. The molecule has 0 aliphatic heterocycles. The largest absolute Gasteiger partial charge is 0.416 e. The average Bonchev–Trinajstić information content (AvgIpc) is 3.30. The van der Waals surface area contributed by atoms with E-state index < -0.39 is 11.7 Å². The van der Waals surface area contributed by atoms with Gasteiger partial charge < -0.3 is 4.57 Å². The summed E-state index contributed by atoms with van der Waals surface area (Å²) in [5.41, 5.74) is 1.96. The molecular weight excluding hydrogens is 475 g/mol. The molecule has 3 heterocycles. The summed E-state index contributed by atoms with van der Waals surface area (Å²) in [6.45, 7) is 2.76. The van der Waals surface area contributed by atoms with E-state index in [1.807, 2.05) is 18.3 Å². The van der Waals surface area contributed by atoms with Crippen molar-refractivity contribution in [1.29, 1.82) is 0 Å². The fourth-order valence-corrected chi connectivity index (χ4v) is 4.77. The number of hydrogen-bond donors (Lipinski definition) is 0. The number of aryl methyl sites for hydroxylation is 1. The molecule has 0 fully saturated rings. The predicted molar refractivity (Wildman–Crippen MR) is 118 cm³/mol. The number of nitrogens with zero attached hydrogens (tertiary/aromatic N) is 3. The van der Waals surface area contributed by atoms with Crippen molar-refractivity contribution >= 4 is 38.3 Å². The summed E-state index contributed by atoms with van der Waals surface area (Å²) >= 11 is 4.98. The van der Waals surface area contributed by atoms with Crippen LogP contribution in [0.3, 0.4) is 0 Å². The number of unbranched alkanes of at least 4 members (excludes halogenated alkanes) is 1. The van der Waals surface area contributed by atoms with Crippen LogP contribution in [-0.2, 0) is 19.1 Å². The summed E-state index contributed by atoms with van der Waals surface area (Å²) in [6, 6.07) is 9.28. The molecule has 0 saturated heterocycles. The fourth-order valence-electron chi connectivity index (χ4n) is 3.31. The maximum atomic E-state index is 12.9. The predicted octanol–water partition coefficient (Wildman–Crippen LogP) is 7.33. The average molecular weight is 494 g/mol. The van der Waals surface area contributed by atoms with Crippen molar-refractivity contribution in [3.05, 3.63) is 69.4 Å². The Labute approximate surface area is 184 Å². The van der Waals surface area contributed by atoms with Crippen LogP contribution in [0.1, 0.15) is 35.9 Å². The van der Waals surface area contributed by atoms with Crippen LogP contribution in [0.25, 0.3) is 21.6 Å². The van der Waals surface area contributed by atoms with Crippen molar-refractivity contribution < 1.29 is 13.2 Å². The first kappa shape index (κ1) is 21.1. The lowest BCUT2D eigenvalue weighted by Crippen LogP contribution is -2.03. The van der Waals surface area contributed by atoms with Gasteiger partial charge in [0.25, 0.3) is 0 Å². The number of aromatic nitrogens is 3. The molecule has 3 aromatic heterocycles. The molecule has 0 saturated carbocycles. The number of fused-ring (bicyclic) bond motifs is 1. The minimum Gasteiger partial charge on any atom is -0.327 e. The Bertz CT molecular complexity index is 1160. The molecule has 0 aliphatic carbocycles. The maximum Gasteiger partial charge on any atom is 0.416 e. The van der Waals surface area contributed by atoms with Gasteiger partial charge in [-0.1, -0.05) is 25.5 Å². The normalized spacial score (nSPS) is 12.0. The van der Waals surface area contributed by atoms with Crippen molar-refractivity contribution in [3.63, 3.8) is 0 Å². The summed E-state index contributed by atoms with van der Waals surface area (Å²) in [5, 5.41) is 1.80. The van der Waals surface area contributed by atoms with Gasteiger partial charge in [-0.3, -0.25) is 0 Å². The molecule has 0 unspecified atom stereocenters. The second-order valence-electron chi connectivity index (χ2n) is 7.08. The lowest BCUT2D eigenvalue weighted by atomic mass is 10.1. The van der Waals surface area contributed by atoms with Gasteiger partial charge in [0.1, 0.15) is 10.7 Å². The van der Waals surface area contributed by atoms with E-state index in [0.29, 0.717) is 12.1 Å². The minimum absolute atomic E-state index is 0.634. The van der Waals surface area contributed by atoms with Crippen LogP contribution in [0.4, 0.5) is 13.2 Å². The van der Waals surface area contributed by atoms with Crippen molar-refractivity contribution in [1.82, 2.24) is 14.5 Å². The Morgan fingerprint density at radius 2 is 1.90 bits per heavy atom. The molecule has 0 radical (unpaired) electrons. The summed E-state index contributed by atoms with van der Waals surface area (Å²) < 4.78 is 41.6. The van der Waals surface area contributed by atoms with Crippen molar-refractivity contribution in [3.8, 4) is 10.6 Å². The Balaban J connectivity index is 1.67. The van der Waals surface area contributed by atoms with Crippen LogP contribution in [0.5, 0.6) is 0 Å². The van der Waals surface area contributed by atoms with Crippen LogP contribution in [0.15, 0.2) is 53.3 Å². The van der Waals surface area contributed by atoms with Crippen LogP contribution < -0.4 is 0 Å². The number of hydrogen-bond acceptors (Lipinski definition) is 3. The minimum atomic E-state index is -4.34. The second kappa shape index (κ2) is 8.51. The van der Waals surface area contributed by atoms with Crippen LogP contribution in [-0.4, -0.2) is 14.5 Å². The second-order valence-corrected chi connectivity index (χ2v) is 9.08.